The van der Waals surface area contributed by atoms with Gasteiger partial charge in [0.25, 0.3) is 0 Å². The van der Waals surface area contributed by atoms with Gasteiger partial charge in [0, 0.05) is 19.0 Å². The lowest BCUT2D eigenvalue weighted by Gasteiger charge is -2.14. The summed E-state index contributed by atoms with van der Waals surface area (Å²) in [7, 11) is -2.39. The highest BCUT2D eigenvalue weighted by atomic mass is 32.2. The zero-order valence-electron chi connectivity index (χ0n) is 14.6. The highest BCUT2D eigenvalue weighted by molar-refractivity contribution is 7.92. The molecule has 0 radical (unpaired) electrons. The summed E-state index contributed by atoms with van der Waals surface area (Å²) in [5, 5.41) is 3.65. The van der Waals surface area contributed by atoms with Crippen molar-refractivity contribution in [3.63, 3.8) is 0 Å². The van der Waals surface area contributed by atoms with Crippen LogP contribution in [0.4, 0.5) is 4.39 Å². The second kappa shape index (κ2) is 8.73. The Morgan fingerprint density at radius 2 is 1.88 bits per heavy atom. The van der Waals surface area contributed by atoms with E-state index in [9.17, 15) is 17.6 Å². The largest absolute Gasteiger partial charge is 0.351 e. The molecule has 2 aromatic carbocycles. The van der Waals surface area contributed by atoms with Crippen molar-refractivity contribution in [3.8, 4) is 0 Å². The molecule has 0 aliphatic carbocycles. The van der Waals surface area contributed by atoms with Crippen LogP contribution in [0.15, 0.2) is 53.9 Å². The van der Waals surface area contributed by atoms with Crippen LogP contribution >= 0.6 is 0 Å². The van der Waals surface area contributed by atoms with Gasteiger partial charge in [0.2, 0.25) is 15.9 Å². The molecule has 0 unspecified atom stereocenters. The Morgan fingerprint density at radius 1 is 1.19 bits per heavy atom. The summed E-state index contributed by atoms with van der Waals surface area (Å²) in [6, 6.07) is 13.7. The van der Waals surface area contributed by atoms with Crippen LogP contribution in [-0.4, -0.2) is 32.2 Å². The molecule has 0 saturated heterocycles. The molecule has 0 bridgehead atoms. The lowest BCUT2D eigenvalue weighted by molar-refractivity contribution is -0.121. The van der Waals surface area contributed by atoms with Crippen molar-refractivity contribution >= 4 is 22.0 Å². The normalized spacial score (nSPS) is 11.8. The minimum Gasteiger partial charge on any atom is -0.351 e. The molecule has 0 heterocycles. The monoisotopic (exact) mass is 376 g/mol. The van der Waals surface area contributed by atoms with Crippen LogP contribution in [0.25, 0.3) is 6.08 Å². The van der Waals surface area contributed by atoms with Crippen molar-refractivity contribution in [2.24, 2.45) is 0 Å². The van der Waals surface area contributed by atoms with E-state index in [0.717, 1.165) is 15.3 Å². The Labute approximate surface area is 153 Å². The number of amides is 1. The third-order valence-electron chi connectivity index (χ3n) is 3.76. The number of halogens is 1. The first-order chi connectivity index (χ1) is 12.3. The van der Waals surface area contributed by atoms with Gasteiger partial charge >= 0.3 is 0 Å². The number of aryl methyl sites for hydroxylation is 1. The van der Waals surface area contributed by atoms with Gasteiger partial charge in [0.05, 0.1) is 6.54 Å². The maximum Gasteiger partial charge on any atom is 0.236 e. The summed E-state index contributed by atoms with van der Waals surface area (Å²) in [5.74, 6) is -0.812. The average Bonchev–Trinajstić information content (AvgIpc) is 2.62. The zero-order valence-corrected chi connectivity index (χ0v) is 15.5. The van der Waals surface area contributed by atoms with E-state index in [1.807, 2.05) is 6.07 Å². The number of benzene rings is 2. The van der Waals surface area contributed by atoms with E-state index in [1.165, 1.54) is 19.2 Å². The van der Waals surface area contributed by atoms with Crippen molar-refractivity contribution in [1.29, 1.82) is 0 Å². The molecule has 2 rings (SSSR count). The summed E-state index contributed by atoms with van der Waals surface area (Å²) in [4.78, 5) is 12.0. The van der Waals surface area contributed by atoms with Gasteiger partial charge in [-0.25, -0.2) is 12.8 Å². The average molecular weight is 376 g/mol. The molecule has 0 aliphatic heterocycles. The van der Waals surface area contributed by atoms with E-state index in [0.29, 0.717) is 11.1 Å². The van der Waals surface area contributed by atoms with Crippen molar-refractivity contribution < 1.29 is 17.6 Å². The van der Waals surface area contributed by atoms with Gasteiger partial charge in [0.15, 0.2) is 0 Å². The molecular weight excluding hydrogens is 355 g/mol. The molecule has 1 N–H and O–H groups in total. The highest BCUT2D eigenvalue weighted by Gasteiger charge is 2.17. The van der Waals surface area contributed by atoms with Crippen LogP contribution in [0, 0.1) is 12.7 Å². The molecular formula is C19H21FN2O3S. The standard InChI is InChI=1S/C19H21FN2O3S/c1-15-8-9-17(12-18(15)20)13-21-19(23)14-22(2)26(24,25)11-10-16-6-4-3-5-7-16/h3-12H,13-14H2,1-2H3,(H,21,23). The van der Waals surface area contributed by atoms with Crippen molar-refractivity contribution in [2.75, 3.05) is 13.6 Å². The topological polar surface area (TPSA) is 66.5 Å². The molecule has 5 nitrogen and oxygen atoms in total. The molecule has 0 saturated carbocycles. The van der Waals surface area contributed by atoms with E-state index in [4.69, 9.17) is 0 Å². The SMILES string of the molecule is Cc1ccc(CNC(=O)CN(C)S(=O)(=O)C=Cc2ccccc2)cc1F. The Balaban J connectivity index is 1.90. The van der Waals surface area contributed by atoms with E-state index >= 15 is 0 Å². The van der Waals surface area contributed by atoms with Crippen LogP contribution in [-0.2, 0) is 21.4 Å². The Kier molecular flexibility index (Phi) is 6.65. The van der Waals surface area contributed by atoms with Gasteiger partial charge in [-0.1, -0.05) is 42.5 Å². The molecule has 1 amide bonds. The van der Waals surface area contributed by atoms with Gasteiger partial charge < -0.3 is 5.32 Å². The second-order valence-corrected chi connectivity index (χ2v) is 7.80. The number of carbonyl (C=O) groups is 1. The lowest BCUT2D eigenvalue weighted by Crippen LogP contribution is -2.37. The summed E-state index contributed by atoms with van der Waals surface area (Å²) in [6.45, 7) is 1.46. The second-order valence-electron chi connectivity index (χ2n) is 5.87. The number of sulfonamides is 1. The number of likely N-dealkylation sites (N-methyl/N-ethyl adjacent to an activating group) is 1. The molecule has 138 valence electrons. The Bertz CT molecular complexity index is 896. The van der Waals surface area contributed by atoms with Gasteiger partial charge in [0.1, 0.15) is 5.82 Å². The first-order valence-corrected chi connectivity index (χ1v) is 9.49. The maximum absolute atomic E-state index is 13.5. The minimum atomic E-state index is -3.72. The number of nitrogens with zero attached hydrogens (tertiary/aromatic N) is 1. The molecule has 0 atom stereocenters. The van der Waals surface area contributed by atoms with E-state index in [1.54, 1.807) is 43.3 Å². The lowest BCUT2D eigenvalue weighted by atomic mass is 10.1. The predicted molar refractivity (Wildman–Crippen MR) is 100 cm³/mol. The number of hydrogen-bond acceptors (Lipinski definition) is 3. The van der Waals surface area contributed by atoms with E-state index < -0.39 is 15.9 Å². The molecule has 26 heavy (non-hydrogen) atoms. The van der Waals surface area contributed by atoms with Crippen LogP contribution in [0.2, 0.25) is 0 Å². The molecule has 0 aromatic heterocycles. The number of carbonyl (C=O) groups excluding carboxylic acids is 1. The predicted octanol–water partition coefficient (Wildman–Crippen LogP) is 2.68. The van der Waals surface area contributed by atoms with Crippen LogP contribution in [0.1, 0.15) is 16.7 Å². The first-order valence-electron chi connectivity index (χ1n) is 7.99. The smallest absolute Gasteiger partial charge is 0.236 e. The fourth-order valence-corrected chi connectivity index (χ4v) is 2.96. The summed E-state index contributed by atoms with van der Waals surface area (Å²) in [6.07, 6.45) is 1.47. The molecule has 0 fully saturated rings. The molecule has 7 heteroatoms. The maximum atomic E-state index is 13.5. The third kappa shape index (κ3) is 5.79. The van der Waals surface area contributed by atoms with Gasteiger partial charge in [-0.3, -0.25) is 4.79 Å². The Hall–Kier alpha value is -2.51. The number of hydrogen-bond donors (Lipinski definition) is 1. The Morgan fingerprint density at radius 3 is 2.54 bits per heavy atom. The summed E-state index contributed by atoms with van der Waals surface area (Å²) >= 11 is 0. The van der Waals surface area contributed by atoms with E-state index in [-0.39, 0.29) is 18.9 Å². The third-order valence-corrected chi connectivity index (χ3v) is 5.24. The van der Waals surface area contributed by atoms with Crippen LogP contribution in [0.5, 0.6) is 0 Å². The van der Waals surface area contributed by atoms with Crippen LogP contribution < -0.4 is 5.32 Å². The summed E-state index contributed by atoms with van der Waals surface area (Å²) in [5.41, 5.74) is 1.88. The van der Waals surface area contributed by atoms with Gasteiger partial charge in [-0.15, -0.1) is 0 Å². The highest BCUT2D eigenvalue weighted by Crippen LogP contribution is 2.09. The fourth-order valence-electron chi connectivity index (χ4n) is 2.13. The number of nitrogens with one attached hydrogen (secondary N) is 1. The quantitative estimate of drug-likeness (QED) is 0.808. The molecule has 2 aromatic rings. The fraction of sp³-hybridized carbons (Fsp3) is 0.211. The van der Waals surface area contributed by atoms with Crippen molar-refractivity contribution in [1.82, 2.24) is 9.62 Å². The number of rotatable bonds is 7. The minimum absolute atomic E-state index is 0.129. The van der Waals surface area contributed by atoms with Gasteiger partial charge in [-0.05, 0) is 35.8 Å². The van der Waals surface area contributed by atoms with Crippen molar-refractivity contribution in [2.45, 2.75) is 13.5 Å². The van der Waals surface area contributed by atoms with E-state index in [2.05, 4.69) is 5.32 Å². The van der Waals surface area contributed by atoms with Gasteiger partial charge in [-0.2, -0.15) is 4.31 Å². The zero-order chi connectivity index (χ0) is 19.2. The molecule has 0 spiro atoms. The summed E-state index contributed by atoms with van der Waals surface area (Å²) < 4.78 is 38.9. The first kappa shape index (κ1) is 19.8. The molecule has 0 aliphatic rings. The van der Waals surface area contributed by atoms with Crippen LogP contribution in [0.3, 0.4) is 0 Å². The van der Waals surface area contributed by atoms with Crippen molar-refractivity contribution in [3.05, 3.63) is 76.4 Å².